The number of benzene rings is 2. The van der Waals surface area contributed by atoms with Crippen LogP contribution in [0.3, 0.4) is 0 Å². The van der Waals surface area contributed by atoms with Crippen molar-refractivity contribution in [3.8, 4) is 0 Å². The number of amides is 2. The normalized spacial score (nSPS) is 14.5. The minimum absolute atomic E-state index is 0.0942. The molecule has 1 N–H and O–H groups in total. The number of nitrogens with one attached hydrogen (secondary N) is 1. The minimum atomic E-state index is -0.247. The topological polar surface area (TPSA) is 62.3 Å². The van der Waals surface area contributed by atoms with Gasteiger partial charge in [-0.3, -0.25) is 9.59 Å². The van der Waals surface area contributed by atoms with Crippen molar-refractivity contribution < 1.29 is 9.59 Å². The standard InChI is InChI=1S/C20H17N3O2S/c24-18(11-12-19-22-15-7-2-4-9-17(15)26-19)21-14-6-1-3-8-16(14)23-13-5-10-20(23)25/h1-4,6-9,11-12H,5,10,13H2,(H,21,24)/b12-11+. The first-order valence-electron chi connectivity index (χ1n) is 8.45. The van der Waals surface area contributed by atoms with E-state index < -0.39 is 0 Å². The van der Waals surface area contributed by atoms with Crippen LogP contribution >= 0.6 is 11.3 Å². The van der Waals surface area contributed by atoms with Crippen LogP contribution in [-0.4, -0.2) is 23.3 Å². The molecule has 0 aliphatic carbocycles. The van der Waals surface area contributed by atoms with E-state index in [0.717, 1.165) is 27.3 Å². The first-order chi connectivity index (χ1) is 12.7. The highest BCUT2D eigenvalue weighted by molar-refractivity contribution is 7.19. The summed E-state index contributed by atoms with van der Waals surface area (Å²) in [6, 6.07) is 15.3. The zero-order chi connectivity index (χ0) is 17.9. The van der Waals surface area contributed by atoms with E-state index in [1.54, 1.807) is 11.0 Å². The lowest BCUT2D eigenvalue weighted by Gasteiger charge is -2.19. The third-order valence-electron chi connectivity index (χ3n) is 4.21. The van der Waals surface area contributed by atoms with Crippen molar-refractivity contribution in [2.45, 2.75) is 12.8 Å². The highest BCUT2D eigenvalue weighted by Crippen LogP contribution is 2.29. The van der Waals surface area contributed by atoms with Crippen LogP contribution < -0.4 is 10.2 Å². The van der Waals surface area contributed by atoms with Gasteiger partial charge in [0.15, 0.2) is 0 Å². The predicted octanol–water partition coefficient (Wildman–Crippen LogP) is 4.08. The summed E-state index contributed by atoms with van der Waals surface area (Å²) in [5, 5.41) is 3.65. The van der Waals surface area contributed by atoms with Crippen molar-refractivity contribution in [3.05, 3.63) is 59.6 Å². The number of fused-ring (bicyclic) bond motifs is 1. The fourth-order valence-electron chi connectivity index (χ4n) is 3.00. The van der Waals surface area contributed by atoms with Gasteiger partial charge in [0.1, 0.15) is 5.01 Å². The molecule has 2 heterocycles. The molecule has 0 bridgehead atoms. The Labute approximate surface area is 155 Å². The van der Waals surface area contributed by atoms with Crippen molar-refractivity contribution in [2.24, 2.45) is 0 Å². The van der Waals surface area contributed by atoms with Crippen LogP contribution in [0.5, 0.6) is 0 Å². The average Bonchev–Trinajstić information content (AvgIpc) is 3.26. The maximum absolute atomic E-state index is 12.3. The summed E-state index contributed by atoms with van der Waals surface area (Å²) in [5.74, 6) is -0.153. The zero-order valence-corrected chi connectivity index (χ0v) is 14.8. The molecule has 1 aromatic heterocycles. The Morgan fingerprint density at radius 2 is 1.96 bits per heavy atom. The molecule has 0 atom stereocenters. The Morgan fingerprint density at radius 1 is 1.15 bits per heavy atom. The maximum Gasteiger partial charge on any atom is 0.248 e. The number of anilines is 2. The van der Waals surface area contributed by atoms with Gasteiger partial charge in [0.25, 0.3) is 0 Å². The van der Waals surface area contributed by atoms with E-state index in [1.165, 1.54) is 17.4 Å². The fourth-order valence-corrected chi connectivity index (χ4v) is 3.87. The molecule has 6 heteroatoms. The predicted molar refractivity (Wildman–Crippen MR) is 105 cm³/mol. The second-order valence-electron chi connectivity index (χ2n) is 6.01. The van der Waals surface area contributed by atoms with Gasteiger partial charge in [-0.25, -0.2) is 4.98 Å². The number of thiazole rings is 1. The third kappa shape index (κ3) is 3.36. The van der Waals surface area contributed by atoms with E-state index in [4.69, 9.17) is 0 Å². The Bertz CT molecular complexity index is 976. The smallest absolute Gasteiger partial charge is 0.248 e. The van der Waals surface area contributed by atoms with Gasteiger partial charge >= 0.3 is 0 Å². The number of para-hydroxylation sites is 3. The summed E-state index contributed by atoms with van der Waals surface area (Å²) < 4.78 is 1.09. The molecule has 130 valence electrons. The summed E-state index contributed by atoms with van der Waals surface area (Å²) in [7, 11) is 0. The number of aromatic nitrogens is 1. The Morgan fingerprint density at radius 3 is 2.77 bits per heavy atom. The van der Waals surface area contributed by atoms with Gasteiger partial charge in [0.2, 0.25) is 11.8 Å². The highest BCUT2D eigenvalue weighted by atomic mass is 32.1. The molecule has 5 nitrogen and oxygen atoms in total. The Kier molecular flexibility index (Phi) is 4.50. The van der Waals surface area contributed by atoms with Gasteiger partial charge in [-0.1, -0.05) is 24.3 Å². The van der Waals surface area contributed by atoms with Crippen molar-refractivity contribution in [2.75, 3.05) is 16.8 Å². The lowest BCUT2D eigenvalue weighted by molar-refractivity contribution is -0.117. The fraction of sp³-hybridized carbons (Fsp3) is 0.150. The van der Waals surface area contributed by atoms with E-state index >= 15 is 0 Å². The molecule has 0 unspecified atom stereocenters. The molecule has 2 amide bonds. The van der Waals surface area contributed by atoms with E-state index in [0.29, 0.717) is 18.7 Å². The molecular formula is C20H17N3O2S. The molecule has 0 saturated carbocycles. The minimum Gasteiger partial charge on any atom is -0.321 e. The van der Waals surface area contributed by atoms with E-state index in [9.17, 15) is 9.59 Å². The lowest BCUT2D eigenvalue weighted by Crippen LogP contribution is -2.25. The molecule has 1 fully saturated rings. The summed E-state index contributed by atoms with van der Waals surface area (Å²) in [4.78, 5) is 30.5. The van der Waals surface area contributed by atoms with Crippen LogP contribution in [-0.2, 0) is 9.59 Å². The molecule has 2 aromatic carbocycles. The zero-order valence-electron chi connectivity index (χ0n) is 14.0. The molecule has 26 heavy (non-hydrogen) atoms. The van der Waals surface area contributed by atoms with Gasteiger partial charge in [-0.2, -0.15) is 0 Å². The summed E-state index contributed by atoms with van der Waals surface area (Å²) in [6.45, 7) is 0.688. The molecule has 1 aliphatic heterocycles. The number of carbonyl (C=O) groups excluding carboxylic acids is 2. The van der Waals surface area contributed by atoms with Crippen LogP contribution in [0.15, 0.2) is 54.6 Å². The van der Waals surface area contributed by atoms with Crippen LogP contribution in [0.2, 0.25) is 0 Å². The van der Waals surface area contributed by atoms with Crippen molar-refractivity contribution >= 4 is 50.8 Å². The van der Waals surface area contributed by atoms with E-state index in [-0.39, 0.29) is 11.8 Å². The summed E-state index contributed by atoms with van der Waals surface area (Å²) >= 11 is 1.54. The second-order valence-corrected chi connectivity index (χ2v) is 7.07. The molecule has 1 aliphatic rings. The van der Waals surface area contributed by atoms with E-state index in [1.807, 2.05) is 48.5 Å². The van der Waals surface area contributed by atoms with Gasteiger partial charge in [-0.05, 0) is 36.8 Å². The Balaban J connectivity index is 1.50. The van der Waals surface area contributed by atoms with Gasteiger partial charge < -0.3 is 10.2 Å². The van der Waals surface area contributed by atoms with Crippen LogP contribution in [0.1, 0.15) is 17.8 Å². The maximum atomic E-state index is 12.3. The number of hydrogen-bond acceptors (Lipinski definition) is 4. The monoisotopic (exact) mass is 363 g/mol. The largest absolute Gasteiger partial charge is 0.321 e. The molecule has 4 rings (SSSR count). The number of hydrogen-bond donors (Lipinski definition) is 1. The molecule has 0 spiro atoms. The van der Waals surface area contributed by atoms with Gasteiger partial charge in [-0.15, -0.1) is 11.3 Å². The van der Waals surface area contributed by atoms with Crippen LogP contribution in [0, 0.1) is 0 Å². The first-order valence-corrected chi connectivity index (χ1v) is 9.26. The second kappa shape index (κ2) is 7.09. The lowest BCUT2D eigenvalue weighted by atomic mass is 10.2. The molecule has 1 saturated heterocycles. The van der Waals surface area contributed by atoms with Crippen molar-refractivity contribution in [1.82, 2.24) is 4.98 Å². The Hall–Kier alpha value is -2.99. The van der Waals surface area contributed by atoms with Crippen molar-refractivity contribution in [3.63, 3.8) is 0 Å². The van der Waals surface area contributed by atoms with Gasteiger partial charge in [0, 0.05) is 19.0 Å². The SMILES string of the molecule is O=C(/C=C/c1nc2ccccc2s1)Nc1ccccc1N1CCCC1=O. The van der Waals surface area contributed by atoms with Crippen LogP contribution in [0.25, 0.3) is 16.3 Å². The van der Waals surface area contributed by atoms with Crippen molar-refractivity contribution in [1.29, 1.82) is 0 Å². The van der Waals surface area contributed by atoms with Gasteiger partial charge in [0.05, 0.1) is 21.6 Å². The van der Waals surface area contributed by atoms with Crippen LogP contribution in [0.4, 0.5) is 11.4 Å². The third-order valence-corrected chi connectivity index (χ3v) is 5.22. The number of nitrogens with zero attached hydrogens (tertiary/aromatic N) is 2. The number of rotatable bonds is 4. The molecule has 0 radical (unpaired) electrons. The summed E-state index contributed by atoms with van der Waals surface area (Å²) in [5.41, 5.74) is 2.31. The quantitative estimate of drug-likeness (QED) is 0.711. The number of carbonyl (C=O) groups is 2. The molecule has 3 aromatic rings. The highest BCUT2D eigenvalue weighted by Gasteiger charge is 2.23. The average molecular weight is 363 g/mol. The molecular weight excluding hydrogens is 346 g/mol. The first kappa shape index (κ1) is 16.5. The summed E-state index contributed by atoms with van der Waals surface area (Å²) in [6.07, 6.45) is 4.59. The van der Waals surface area contributed by atoms with E-state index in [2.05, 4.69) is 10.3 Å².